The molecule has 0 spiro atoms. The Morgan fingerprint density at radius 2 is 1.51 bits per heavy atom. The van der Waals surface area contributed by atoms with Gasteiger partial charge in [-0.2, -0.15) is 9.59 Å². The van der Waals surface area contributed by atoms with Gasteiger partial charge in [-0.1, -0.05) is 60.7 Å². The van der Waals surface area contributed by atoms with Crippen molar-refractivity contribution in [2.24, 2.45) is 0 Å². The molecule has 0 fully saturated rings. The molecule has 0 aliphatic rings. The van der Waals surface area contributed by atoms with E-state index in [0.717, 1.165) is 34.8 Å². The van der Waals surface area contributed by atoms with Crippen molar-refractivity contribution < 1.29 is 23.2 Å². The van der Waals surface area contributed by atoms with Crippen molar-refractivity contribution in [3.05, 3.63) is 131 Å². The molecule has 1 amide bonds. The fourth-order valence-corrected chi connectivity index (χ4v) is 4.55. The number of halogens is 2. The van der Waals surface area contributed by atoms with E-state index in [1.165, 1.54) is 28.8 Å². The fourth-order valence-electron chi connectivity index (χ4n) is 4.55. The zero-order valence-corrected chi connectivity index (χ0v) is 21.5. The van der Waals surface area contributed by atoms with Crippen LogP contribution in [-0.4, -0.2) is 16.6 Å². The summed E-state index contributed by atoms with van der Waals surface area (Å²) in [7, 11) is 0. The number of hydrogen-bond acceptors (Lipinski definition) is 3. The molecule has 0 bridgehead atoms. The molecule has 0 unspecified atom stereocenters. The molecule has 0 radical (unpaired) electrons. The van der Waals surface area contributed by atoms with Crippen LogP contribution in [0.25, 0.3) is 22.0 Å². The summed E-state index contributed by atoms with van der Waals surface area (Å²) < 4.78 is 29.3. The van der Waals surface area contributed by atoms with Crippen molar-refractivity contribution in [1.82, 2.24) is 9.88 Å². The van der Waals surface area contributed by atoms with Crippen molar-refractivity contribution in [2.45, 2.75) is 26.9 Å². The Bertz CT molecular complexity index is 1650. The maximum absolute atomic E-state index is 13.9. The van der Waals surface area contributed by atoms with Gasteiger partial charge in [-0.3, -0.25) is 4.79 Å². The minimum absolute atomic E-state index is 0.0129. The van der Waals surface area contributed by atoms with Crippen molar-refractivity contribution >= 4 is 23.0 Å². The van der Waals surface area contributed by atoms with Gasteiger partial charge in [0.2, 0.25) is 0 Å². The molecule has 5 rings (SSSR count). The van der Waals surface area contributed by atoms with Gasteiger partial charge in [-0.05, 0) is 60.4 Å². The van der Waals surface area contributed by atoms with Gasteiger partial charge in [0.25, 0.3) is 5.91 Å². The van der Waals surface area contributed by atoms with Gasteiger partial charge in [0.1, 0.15) is 11.6 Å². The van der Waals surface area contributed by atoms with Crippen LogP contribution in [0.4, 0.5) is 8.78 Å². The summed E-state index contributed by atoms with van der Waals surface area (Å²) in [4.78, 5) is 29.0. The molecule has 4 aromatic carbocycles. The molecule has 0 aliphatic carbocycles. The van der Waals surface area contributed by atoms with E-state index >= 15 is 0 Å². The van der Waals surface area contributed by atoms with Crippen LogP contribution < -0.4 is 5.32 Å². The topological polar surface area (TPSA) is 68.2 Å². The van der Waals surface area contributed by atoms with Crippen molar-refractivity contribution in [3.8, 4) is 11.1 Å². The lowest BCUT2D eigenvalue weighted by atomic mass is 10.0. The van der Waals surface area contributed by atoms with Gasteiger partial charge in [0, 0.05) is 46.9 Å². The first-order valence-corrected chi connectivity index (χ1v) is 12.3. The number of carbonyl (C=O) groups excluding carboxylic acids is 3. The summed E-state index contributed by atoms with van der Waals surface area (Å²) in [6, 6.07) is 27.9. The molecule has 1 aromatic heterocycles. The first kappa shape index (κ1) is 27.2. The molecule has 196 valence electrons. The highest BCUT2D eigenvalue weighted by Gasteiger charge is 2.15. The Morgan fingerprint density at radius 1 is 0.846 bits per heavy atom. The number of nitrogens with one attached hydrogen (secondary N) is 1. The third-order valence-electron chi connectivity index (χ3n) is 6.76. The van der Waals surface area contributed by atoms with Gasteiger partial charge in [-0.25, -0.2) is 8.78 Å². The number of aryl methyl sites for hydroxylation is 1. The van der Waals surface area contributed by atoms with Crippen LogP contribution in [0.1, 0.15) is 32.7 Å². The molecular formula is C32H26F2N2O3. The lowest BCUT2D eigenvalue weighted by Gasteiger charge is -2.11. The van der Waals surface area contributed by atoms with Crippen LogP contribution in [0.5, 0.6) is 0 Å². The van der Waals surface area contributed by atoms with Crippen molar-refractivity contribution in [1.29, 1.82) is 0 Å². The molecule has 0 saturated carbocycles. The quantitative estimate of drug-likeness (QED) is 0.272. The minimum atomic E-state index is -0.675. The molecule has 0 aliphatic heterocycles. The number of carbonyl (C=O) groups is 1. The van der Waals surface area contributed by atoms with Crippen LogP contribution in [0.3, 0.4) is 0 Å². The summed E-state index contributed by atoms with van der Waals surface area (Å²) in [6.45, 7) is 4.86. The second-order valence-corrected chi connectivity index (χ2v) is 9.09. The summed E-state index contributed by atoms with van der Waals surface area (Å²) >= 11 is 0. The maximum atomic E-state index is 13.9. The second kappa shape index (κ2) is 12.1. The standard InChI is InChI=1S/C31H26F2N2O.CO2/c1-20-21(2)35(19-22-8-10-24(11-9-22)23-6-4-3-5-7-23)30-15-13-25(16-28(20)30)31(36)34-18-26-12-14-27(32)17-29(26)33;2-1-3/h3-17H,18-19H2,1-2H3,(H,34,36);. The molecule has 0 saturated heterocycles. The number of hydrogen-bond donors (Lipinski definition) is 1. The van der Waals surface area contributed by atoms with Crippen LogP contribution in [0, 0.1) is 25.5 Å². The average molecular weight is 525 g/mol. The predicted octanol–water partition coefficient (Wildman–Crippen LogP) is 6.60. The van der Waals surface area contributed by atoms with Crippen molar-refractivity contribution in [3.63, 3.8) is 0 Å². The largest absolute Gasteiger partial charge is 0.373 e. The van der Waals surface area contributed by atoms with E-state index in [-0.39, 0.29) is 24.2 Å². The summed E-state index contributed by atoms with van der Waals surface area (Å²) in [5, 5.41) is 3.74. The molecule has 5 aromatic rings. The molecule has 5 nitrogen and oxygen atoms in total. The molecule has 1 heterocycles. The molecule has 0 atom stereocenters. The highest BCUT2D eigenvalue weighted by molar-refractivity contribution is 5.99. The highest BCUT2D eigenvalue weighted by Crippen LogP contribution is 2.28. The van der Waals surface area contributed by atoms with Crippen LogP contribution >= 0.6 is 0 Å². The number of aromatic nitrogens is 1. The van der Waals surface area contributed by atoms with E-state index in [0.29, 0.717) is 5.56 Å². The van der Waals surface area contributed by atoms with Gasteiger partial charge in [0.05, 0.1) is 0 Å². The Morgan fingerprint density at radius 3 is 2.18 bits per heavy atom. The number of benzene rings is 4. The number of rotatable bonds is 6. The van der Waals surface area contributed by atoms with Gasteiger partial charge in [0.15, 0.2) is 0 Å². The van der Waals surface area contributed by atoms with Crippen LogP contribution in [0.2, 0.25) is 0 Å². The Balaban J connectivity index is 0.00000112. The first-order valence-electron chi connectivity index (χ1n) is 12.3. The lowest BCUT2D eigenvalue weighted by Crippen LogP contribution is -2.23. The van der Waals surface area contributed by atoms with Crippen molar-refractivity contribution in [2.75, 3.05) is 0 Å². The zero-order chi connectivity index (χ0) is 27.9. The maximum Gasteiger partial charge on any atom is 0.373 e. The molecule has 39 heavy (non-hydrogen) atoms. The van der Waals surface area contributed by atoms with Gasteiger partial charge in [-0.15, -0.1) is 0 Å². The number of amides is 1. The average Bonchev–Trinajstić information content (AvgIpc) is 3.18. The molecule has 1 N–H and O–H groups in total. The van der Waals surface area contributed by atoms with Gasteiger partial charge < -0.3 is 9.88 Å². The summed E-state index contributed by atoms with van der Waals surface area (Å²) in [5.74, 6) is -1.62. The summed E-state index contributed by atoms with van der Waals surface area (Å²) in [5.41, 5.74) is 7.61. The molecular weight excluding hydrogens is 498 g/mol. The Kier molecular flexibility index (Phi) is 8.44. The third-order valence-corrected chi connectivity index (χ3v) is 6.76. The van der Waals surface area contributed by atoms with E-state index < -0.39 is 11.6 Å². The monoisotopic (exact) mass is 524 g/mol. The molecule has 7 heteroatoms. The fraction of sp³-hybridized carbons (Fsp3) is 0.125. The second-order valence-electron chi connectivity index (χ2n) is 9.09. The van der Waals surface area contributed by atoms with E-state index in [2.05, 4.69) is 60.1 Å². The lowest BCUT2D eigenvalue weighted by molar-refractivity contribution is -0.191. The number of fused-ring (bicyclic) bond motifs is 1. The normalized spacial score (nSPS) is 10.5. The van der Waals surface area contributed by atoms with E-state index in [9.17, 15) is 13.6 Å². The van der Waals surface area contributed by atoms with E-state index in [1.54, 1.807) is 6.07 Å². The van der Waals surface area contributed by atoms with E-state index in [1.807, 2.05) is 30.3 Å². The first-order chi connectivity index (χ1) is 18.8. The third kappa shape index (κ3) is 6.17. The number of nitrogens with zero attached hydrogens (tertiary/aromatic N) is 1. The highest BCUT2D eigenvalue weighted by atomic mass is 19.1. The van der Waals surface area contributed by atoms with Crippen LogP contribution in [-0.2, 0) is 22.7 Å². The van der Waals surface area contributed by atoms with E-state index in [4.69, 9.17) is 9.59 Å². The summed E-state index contributed by atoms with van der Waals surface area (Å²) in [6.07, 6.45) is 0.250. The zero-order valence-electron chi connectivity index (χ0n) is 21.5. The Labute approximate surface area is 224 Å². The predicted molar refractivity (Wildman–Crippen MR) is 145 cm³/mol. The Hall–Kier alpha value is -4.87. The van der Waals surface area contributed by atoms with Gasteiger partial charge >= 0.3 is 6.15 Å². The SMILES string of the molecule is Cc1c(C)n(Cc2ccc(-c3ccccc3)cc2)c2ccc(C(=O)NCc3ccc(F)cc3F)cc12.O=C=O. The smallest absolute Gasteiger partial charge is 0.348 e. The van der Waals surface area contributed by atoms with Crippen LogP contribution in [0.15, 0.2) is 91.0 Å². The minimum Gasteiger partial charge on any atom is -0.348 e.